The van der Waals surface area contributed by atoms with Crippen molar-refractivity contribution in [2.24, 2.45) is 0 Å². The summed E-state index contributed by atoms with van der Waals surface area (Å²) in [6.07, 6.45) is 0. The van der Waals surface area contributed by atoms with Gasteiger partial charge in [-0.3, -0.25) is 9.38 Å². The van der Waals surface area contributed by atoms with Crippen molar-refractivity contribution < 1.29 is 33.8 Å². The lowest BCUT2D eigenvalue weighted by Gasteiger charge is -2.41. The van der Waals surface area contributed by atoms with Gasteiger partial charge in [-0.25, -0.2) is 0 Å². The second-order valence-electron chi connectivity index (χ2n) is 5.07. The molecule has 0 aromatic rings. The highest BCUT2D eigenvalue weighted by atomic mass is 16.5. The van der Waals surface area contributed by atoms with Crippen molar-refractivity contribution in [2.45, 2.75) is 0 Å². The van der Waals surface area contributed by atoms with Crippen LogP contribution in [0.3, 0.4) is 0 Å². The first-order valence-corrected chi connectivity index (χ1v) is 6.52. The Morgan fingerprint density at radius 3 is 2.15 bits per heavy atom. The third-order valence-electron chi connectivity index (χ3n) is 3.17. The van der Waals surface area contributed by atoms with E-state index in [1.54, 1.807) is 7.05 Å². The van der Waals surface area contributed by atoms with E-state index >= 15 is 0 Å². The molecule has 1 saturated heterocycles. The standard InChI is InChI=1S/C12H22N2O6/c1-13-2-4-19-6-7-20-5-3-14(10-13,8-11(15)16)9-12(17)18/h2-10H2,1H3,(H-,15,16,17,18)/p-1. The highest BCUT2D eigenvalue weighted by Crippen LogP contribution is 2.09. The maximum atomic E-state index is 11.0. The van der Waals surface area contributed by atoms with Gasteiger partial charge in [0.15, 0.2) is 0 Å². The first kappa shape index (κ1) is 16.8. The number of ether oxygens (including phenoxy) is 2. The zero-order valence-corrected chi connectivity index (χ0v) is 11.7. The molecule has 0 N–H and O–H groups in total. The van der Waals surface area contributed by atoms with Crippen LogP contribution in [0.1, 0.15) is 0 Å². The van der Waals surface area contributed by atoms with Gasteiger partial charge < -0.3 is 29.3 Å². The van der Waals surface area contributed by atoms with Gasteiger partial charge in [0.05, 0.1) is 38.4 Å². The number of carbonyl (C=O) groups excluding carboxylic acids is 2. The summed E-state index contributed by atoms with van der Waals surface area (Å²) in [5.41, 5.74) is 0. The SMILES string of the molecule is CN1CCOCCOCC[N+](CC(=O)[O-])(CC(=O)[O-])C1. The summed E-state index contributed by atoms with van der Waals surface area (Å²) in [6.45, 7) is 1.95. The van der Waals surface area contributed by atoms with Gasteiger partial charge >= 0.3 is 0 Å². The van der Waals surface area contributed by atoms with Crippen molar-refractivity contribution in [3.05, 3.63) is 0 Å². The molecule has 0 aliphatic carbocycles. The van der Waals surface area contributed by atoms with Crippen molar-refractivity contribution in [3.8, 4) is 0 Å². The Balaban J connectivity index is 2.84. The van der Waals surface area contributed by atoms with Crippen LogP contribution in [0.2, 0.25) is 0 Å². The van der Waals surface area contributed by atoms with Crippen LogP contribution in [0.25, 0.3) is 0 Å². The smallest absolute Gasteiger partial charge is 0.135 e. The Hall–Kier alpha value is -1.22. The molecule has 1 fully saturated rings. The van der Waals surface area contributed by atoms with Crippen LogP contribution in [0, 0.1) is 0 Å². The molecule has 1 aliphatic rings. The number of rotatable bonds is 4. The Kier molecular flexibility index (Phi) is 6.86. The molecule has 0 atom stereocenters. The molecule has 0 aromatic carbocycles. The van der Waals surface area contributed by atoms with Gasteiger partial charge in [0.2, 0.25) is 0 Å². The minimum absolute atomic E-state index is 0.179. The fourth-order valence-corrected chi connectivity index (χ4v) is 2.32. The van der Waals surface area contributed by atoms with Crippen molar-refractivity contribution in [1.29, 1.82) is 0 Å². The third-order valence-corrected chi connectivity index (χ3v) is 3.17. The summed E-state index contributed by atoms with van der Waals surface area (Å²) in [5.74, 6) is -2.57. The number of aliphatic carboxylic acids is 2. The van der Waals surface area contributed by atoms with E-state index in [1.165, 1.54) is 0 Å². The monoisotopic (exact) mass is 289 g/mol. The van der Waals surface area contributed by atoms with Gasteiger partial charge in [-0.2, -0.15) is 0 Å². The molecule has 0 spiro atoms. The molecule has 8 nitrogen and oxygen atoms in total. The lowest BCUT2D eigenvalue weighted by Crippen LogP contribution is -2.63. The summed E-state index contributed by atoms with van der Waals surface area (Å²) in [6, 6.07) is 0. The molecule has 8 heteroatoms. The van der Waals surface area contributed by atoms with Crippen LogP contribution in [-0.2, 0) is 19.1 Å². The molecule has 0 amide bonds. The molecule has 1 rings (SSSR count). The van der Waals surface area contributed by atoms with Gasteiger partial charge in [0.25, 0.3) is 0 Å². The molecule has 0 radical (unpaired) electrons. The largest absolute Gasteiger partial charge is 0.544 e. The number of quaternary nitrogens is 1. The van der Waals surface area contributed by atoms with Crippen LogP contribution >= 0.6 is 0 Å². The summed E-state index contributed by atoms with van der Waals surface area (Å²) < 4.78 is 10.5. The Labute approximate surface area is 118 Å². The van der Waals surface area contributed by atoms with E-state index in [4.69, 9.17) is 9.47 Å². The molecule has 0 bridgehead atoms. The van der Waals surface area contributed by atoms with Crippen LogP contribution < -0.4 is 10.2 Å². The molecule has 1 aliphatic heterocycles. The summed E-state index contributed by atoms with van der Waals surface area (Å²) in [7, 11) is 1.79. The number of carbonyl (C=O) groups is 2. The average Bonchev–Trinajstić information content (AvgIpc) is 2.33. The van der Waals surface area contributed by atoms with E-state index in [0.717, 1.165) is 0 Å². The van der Waals surface area contributed by atoms with E-state index in [0.29, 0.717) is 26.4 Å². The first-order chi connectivity index (χ1) is 9.43. The number of hydrogen-bond acceptors (Lipinski definition) is 7. The second-order valence-corrected chi connectivity index (χ2v) is 5.07. The minimum atomic E-state index is -1.29. The maximum absolute atomic E-state index is 11.0. The molecule has 20 heavy (non-hydrogen) atoms. The van der Waals surface area contributed by atoms with Crippen molar-refractivity contribution >= 4 is 11.9 Å². The number of carboxylic acids is 2. The zero-order valence-electron chi connectivity index (χ0n) is 11.7. The van der Waals surface area contributed by atoms with Crippen LogP contribution in [0.4, 0.5) is 0 Å². The summed E-state index contributed by atoms with van der Waals surface area (Å²) in [4.78, 5) is 23.8. The van der Waals surface area contributed by atoms with Gasteiger partial charge in [-0.15, -0.1) is 0 Å². The van der Waals surface area contributed by atoms with E-state index in [-0.39, 0.29) is 37.4 Å². The fourth-order valence-electron chi connectivity index (χ4n) is 2.32. The van der Waals surface area contributed by atoms with E-state index in [2.05, 4.69) is 0 Å². The Morgan fingerprint density at radius 1 is 1.05 bits per heavy atom. The Bertz CT molecular complexity index is 320. The predicted octanol–water partition coefficient (Wildman–Crippen LogP) is -3.76. The lowest BCUT2D eigenvalue weighted by atomic mass is 10.3. The number of nitrogens with zero attached hydrogens (tertiary/aromatic N) is 2. The lowest BCUT2D eigenvalue weighted by molar-refractivity contribution is -0.926. The molecule has 1 heterocycles. The van der Waals surface area contributed by atoms with E-state index < -0.39 is 11.9 Å². The molecule has 0 aromatic heterocycles. The quantitative estimate of drug-likeness (QED) is 0.490. The number of hydrogen-bond donors (Lipinski definition) is 0. The number of likely N-dealkylation sites (N-methyl/N-ethyl adjacent to an activating group) is 1. The van der Waals surface area contributed by atoms with Crippen molar-refractivity contribution in [1.82, 2.24) is 4.90 Å². The topological polar surface area (TPSA) is 102 Å². The predicted molar refractivity (Wildman–Crippen MR) is 64.0 cm³/mol. The maximum Gasteiger partial charge on any atom is 0.135 e. The fraction of sp³-hybridized carbons (Fsp3) is 0.833. The molecule has 116 valence electrons. The number of carboxylic acid groups (broad SMARTS) is 2. The normalized spacial score (nSPS) is 21.9. The highest BCUT2D eigenvalue weighted by Gasteiger charge is 2.30. The molecule has 0 saturated carbocycles. The third kappa shape index (κ3) is 6.29. The van der Waals surface area contributed by atoms with Gasteiger partial charge in [-0.05, 0) is 7.05 Å². The second kappa shape index (κ2) is 8.15. The molecule has 0 unspecified atom stereocenters. The minimum Gasteiger partial charge on any atom is -0.544 e. The van der Waals surface area contributed by atoms with Gasteiger partial charge in [-0.1, -0.05) is 0 Å². The average molecular weight is 289 g/mol. The van der Waals surface area contributed by atoms with Crippen molar-refractivity contribution in [3.63, 3.8) is 0 Å². The van der Waals surface area contributed by atoms with Gasteiger partial charge in [0.1, 0.15) is 26.3 Å². The van der Waals surface area contributed by atoms with E-state index in [1.807, 2.05) is 4.90 Å². The molecular weight excluding hydrogens is 268 g/mol. The zero-order chi connectivity index (χ0) is 15.0. The summed E-state index contributed by atoms with van der Waals surface area (Å²) in [5, 5.41) is 21.9. The van der Waals surface area contributed by atoms with Gasteiger partial charge in [0, 0.05) is 6.54 Å². The van der Waals surface area contributed by atoms with Crippen molar-refractivity contribution in [2.75, 3.05) is 66.3 Å². The Morgan fingerprint density at radius 2 is 1.60 bits per heavy atom. The first-order valence-electron chi connectivity index (χ1n) is 6.52. The van der Waals surface area contributed by atoms with Crippen LogP contribution in [-0.4, -0.2) is 87.6 Å². The van der Waals surface area contributed by atoms with Crippen LogP contribution in [0.5, 0.6) is 0 Å². The highest BCUT2D eigenvalue weighted by molar-refractivity contribution is 5.68. The van der Waals surface area contributed by atoms with E-state index in [9.17, 15) is 19.8 Å². The molecular formula is C12H21N2O6-. The van der Waals surface area contributed by atoms with Crippen LogP contribution in [0.15, 0.2) is 0 Å². The summed E-state index contributed by atoms with van der Waals surface area (Å²) >= 11 is 0.